The molecule has 1 saturated heterocycles. The molecule has 0 saturated carbocycles. The van der Waals surface area contributed by atoms with Crippen LogP contribution in [0.25, 0.3) is 11.4 Å². The Balaban J connectivity index is 1.45. The molecule has 5 nitrogen and oxygen atoms in total. The van der Waals surface area contributed by atoms with Gasteiger partial charge in [-0.15, -0.1) is 0 Å². The topological polar surface area (TPSA) is 59.2 Å². The lowest BCUT2D eigenvalue weighted by Crippen LogP contribution is -2.24. The molecule has 0 aliphatic carbocycles. The van der Waals surface area contributed by atoms with E-state index in [9.17, 15) is 22.4 Å². The lowest BCUT2D eigenvalue weighted by Gasteiger charge is -2.16. The Bertz CT molecular complexity index is 1080. The molecule has 3 aromatic rings. The molecule has 1 unspecified atom stereocenters. The Labute approximate surface area is 176 Å². The summed E-state index contributed by atoms with van der Waals surface area (Å²) in [6, 6.07) is 9.05. The van der Waals surface area contributed by atoms with Gasteiger partial charge in [-0.25, -0.2) is 4.39 Å². The highest BCUT2D eigenvalue weighted by atomic mass is 79.9. The average Bonchev–Trinajstić information content (AvgIpc) is 3.31. The number of nitrogens with zero attached hydrogens (tertiary/aromatic N) is 3. The standard InChI is InChI=1S/C20H14BrF4N3O2/c21-15-7-12(3-6-16(15)22)18-26-19(30-27-18)13-8-17(29)28(10-13)9-11-1-4-14(5-2-11)20(23,24)25/h1-7,13H,8-10H2. The van der Waals surface area contributed by atoms with Gasteiger partial charge in [-0.2, -0.15) is 18.2 Å². The van der Waals surface area contributed by atoms with Crippen LogP contribution in [0, 0.1) is 5.82 Å². The lowest BCUT2D eigenvalue weighted by molar-refractivity contribution is -0.137. The number of hydrogen-bond donors (Lipinski definition) is 0. The van der Waals surface area contributed by atoms with Crippen LogP contribution in [-0.2, 0) is 17.5 Å². The molecule has 1 atom stereocenters. The summed E-state index contributed by atoms with van der Waals surface area (Å²) in [6.45, 7) is 0.508. The van der Waals surface area contributed by atoms with Gasteiger partial charge in [0.05, 0.1) is 16.0 Å². The van der Waals surface area contributed by atoms with E-state index in [1.54, 1.807) is 4.90 Å². The van der Waals surface area contributed by atoms with Gasteiger partial charge in [0, 0.05) is 25.1 Å². The molecular formula is C20H14BrF4N3O2. The van der Waals surface area contributed by atoms with Crippen molar-refractivity contribution in [1.29, 1.82) is 0 Å². The van der Waals surface area contributed by atoms with Crippen LogP contribution in [0.5, 0.6) is 0 Å². The molecule has 1 fully saturated rings. The number of alkyl halides is 3. The number of aromatic nitrogens is 2. The summed E-state index contributed by atoms with van der Waals surface area (Å²) in [7, 11) is 0. The highest BCUT2D eigenvalue weighted by molar-refractivity contribution is 9.10. The molecular weight excluding hydrogens is 470 g/mol. The largest absolute Gasteiger partial charge is 0.416 e. The van der Waals surface area contributed by atoms with Crippen LogP contribution in [0.2, 0.25) is 0 Å². The minimum absolute atomic E-state index is 0.149. The molecule has 0 spiro atoms. The minimum Gasteiger partial charge on any atom is -0.339 e. The van der Waals surface area contributed by atoms with Crippen molar-refractivity contribution in [1.82, 2.24) is 15.0 Å². The maximum absolute atomic E-state index is 13.4. The highest BCUT2D eigenvalue weighted by Gasteiger charge is 2.35. The minimum atomic E-state index is -4.40. The zero-order valence-corrected chi connectivity index (χ0v) is 16.9. The number of likely N-dealkylation sites (tertiary alicyclic amines) is 1. The maximum atomic E-state index is 13.4. The average molecular weight is 484 g/mol. The molecule has 0 radical (unpaired) electrons. The van der Waals surface area contributed by atoms with Crippen LogP contribution in [-0.4, -0.2) is 27.5 Å². The van der Waals surface area contributed by atoms with E-state index in [-0.39, 0.29) is 41.0 Å². The Morgan fingerprint density at radius 2 is 1.90 bits per heavy atom. The smallest absolute Gasteiger partial charge is 0.339 e. The van der Waals surface area contributed by atoms with E-state index in [2.05, 4.69) is 26.1 Å². The summed E-state index contributed by atoms with van der Waals surface area (Å²) in [5.74, 6) is -0.322. The first-order chi connectivity index (χ1) is 14.2. The maximum Gasteiger partial charge on any atom is 0.416 e. The SMILES string of the molecule is O=C1CC(c2nc(-c3ccc(F)c(Br)c3)no2)CN1Cc1ccc(C(F)(F)F)cc1. The number of rotatable bonds is 4. The molecule has 1 aromatic heterocycles. The van der Waals surface area contributed by atoms with Gasteiger partial charge in [0.25, 0.3) is 0 Å². The third-order valence-electron chi connectivity index (χ3n) is 4.84. The fourth-order valence-corrected chi connectivity index (χ4v) is 3.64. The van der Waals surface area contributed by atoms with Crippen LogP contribution in [0.3, 0.4) is 0 Å². The summed E-state index contributed by atoms with van der Waals surface area (Å²) in [5, 5.41) is 3.90. The van der Waals surface area contributed by atoms with Crippen LogP contribution in [0.1, 0.15) is 29.4 Å². The first-order valence-electron chi connectivity index (χ1n) is 8.93. The normalized spacial score (nSPS) is 17.0. The van der Waals surface area contributed by atoms with Crippen molar-refractivity contribution >= 4 is 21.8 Å². The predicted octanol–water partition coefficient (Wildman–Crippen LogP) is 5.17. The third-order valence-corrected chi connectivity index (χ3v) is 5.45. The molecule has 4 rings (SSSR count). The van der Waals surface area contributed by atoms with Gasteiger partial charge in [-0.3, -0.25) is 4.79 Å². The van der Waals surface area contributed by atoms with Gasteiger partial charge in [0.1, 0.15) is 5.82 Å². The third kappa shape index (κ3) is 4.23. The van der Waals surface area contributed by atoms with Crippen LogP contribution in [0.15, 0.2) is 51.5 Å². The molecule has 0 N–H and O–H groups in total. The van der Waals surface area contributed by atoms with Gasteiger partial charge >= 0.3 is 6.18 Å². The Kier molecular flexibility index (Phi) is 5.35. The van der Waals surface area contributed by atoms with Crippen molar-refractivity contribution in [3.63, 3.8) is 0 Å². The number of amides is 1. The summed E-state index contributed by atoms with van der Waals surface area (Å²) < 4.78 is 57.0. The van der Waals surface area contributed by atoms with E-state index in [0.29, 0.717) is 17.7 Å². The summed E-state index contributed by atoms with van der Waals surface area (Å²) in [4.78, 5) is 18.2. The van der Waals surface area contributed by atoms with Crippen molar-refractivity contribution < 1.29 is 26.9 Å². The second-order valence-electron chi connectivity index (χ2n) is 6.96. The first kappa shape index (κ1) is 20.5. The number of hydrogen-bond acceptors (Lipinski definition) is 4. The Morgan fingerprint density at radius 1 is 1.17 bits per heavy atom. The monoisotopic (exact) mass is 483 g/mol. The first-order valence-corrected chi connectivity index (χ1v) is 9.73. The molecule has 2 heterocycles. The fourth-order valence-electron chi connectivity index (χ4n) is 3.26. The summed E-state index contributed by atoms with van der Waals surface area (Å²) >= 11 is 3.10. The lowest BCUT2D eigenvalue weighted by atomic mass is 10.1. The van der Waals surface area contributed by atoms with E-state index in [4.69, 9.17) is 4.52 Å². The van der Waals surface area contributed by atoms with Crippen molar-refractivity contribution in [2.45, 2.75) is 25.1 Å². The number of carbonyl (C=O) groups is 1. The van der Waals surface area contributed by atoms with Crippen LogP contribution < -0.4 is 0 Å². The van der Waals surface area contributed by atoms with E-state index >= 15 is 0 Å². The van der Waals surface area contributed by atoms with Gasteiger partial charge < -0.3 is 9.42 Å². The second-order valence-corrected chi connectivity index (χ2v) is 7.81. The van der Waals surface area contributed by atoms with Crippen molar-refractivity contribution in [2.75, 3.05) is 6.54 Å². The molecule has 156 valence electrons. The van der Waals surface area contributed by atoms with Crippen molar-refractivity contribution in [3.8, 4) is 11.4 Å². The zero-order chi connectivity index (χ0) is 21.5. The van der Waals surface area contributed by atoms with Gasteiger partial charge in [-0.1, -0.05) is 17.3 Å². The summed E-state index contributed by atoms with van der Waals surface area (Å²) in [6.07, 6.45) is -4.24. The van der Waals surface area contributed by atoms with Gasteiger partial charge in [0.15, 0.2) is 0 Å². The second kappa shape index (κ2) is 7.82. The molecule has 1 aliphatic heterocycles. The summed E-state index contributed by atoms with van der Waals surface area (Å²) in [5.41, 5.74) is 0.422. The van der Waals surface area contributed by atoms with E-state index < -0.39 is 17.6 Å². The van der Waals surface area contributed by atoms with E-state index in [1.807, 2.05) is 0 Å². The van der Waals surface area contributed by atoms with Crippen LogP contribution >= 0.6 is 15.9 Å². The van der Waals surface area contributed by atoms with Gasteiger partial charge in [0.2, 0.25) is 17.6 Å². The molecule has 2 aromatic carbocycles. The molecule has 10 heteroatoms. The van der Waals surface area contributed by atoms with Crippen molar-refractivity contribution in [2.24, 2.45) is 0 Å². The van der Waals surface area contributed by atoms with Gasteiger partial charge in [-0.05, 0) is 51.8 Å². The fraction of sp³-hybridized carbons (Fsp3) is 0.250. The number of benzene rings is 2. The molecule has 0 bridgehead atoms. The molecule has 30 heavy (non-hydrogen) atoms. The van der Waals surface area contributed by atoms with E-state index in [0.717, 1.165) is 12.1 Å². The Morgan fingerprint density at radius 3 is 2.57 bits per heavy atom. The predicted molar refractivity (Wildman–Crippen MR) is 102 cm³/mol. The van der Waals surface area contributed by atoms with Crippen molar-refractivity contribution in [3.05, 3.63) is 69.8 Å². The Hall–Kier alpha value is -2.75. The van der Waals surface area contributed by atoms with E-state index in [1.165, 1.54) is 30.3 Å². The number of carbonyl (C=O) groups excluding carboxylic acids is 1. The zero-order valence-electron chi connectivity index (χ0n) is 15.3. The molecule has 1 amide bonds. The van der Waals surface area contributed by atoms with Crippen LogP contribution in [0.4, 0.5) is 17.6 Å². The highest BCUT2D eigenvalue weighted by Crippen LogP contribution is 2.32. The quantitative estimate of drug-likeness (QED) is 0.480. The molecule has 1 aliphatic rings. The number of halogens is 5.